The van der Waals surface area contributed by atoms with Crippen molar-refractivity contribution < 1.29 is 35.9 Å². The molecule has 2 aromatic rings. The van der Waals surface area contributed by atoms with Gasteiger partial charge in [-0.3, -0.25) is 0 Å². The lowest BCUT2D eigenvalue weighted by Crippen LogP contribution is -2.30. The van der Waals surface area contributed by atoms with Crippen LogP contribution in [0.4, 0.5) is 26.3 Å². The largest absolute Gasteiger partial charge is 0.423 e. The number of carbonyl (C=O) groups is 1. The maximum atomic E-state index is 14.9. The first-order valence-electron chi connectivity index (χ1n) is 11.3. The zero-order valence-electron chi connectivity index (χ0n) is 18.3. The van der Waals surface area contributed by atoms with Crippen molar-refractivity contribution >= 4 is 5.97 Å². The quantitative estimate of drug-likeness (QED) is 0.192. The van der Waals surface area contributed by atoms with E-state index in [1.165, 1.54) is 0 Å². The number of allylic oxidation sites excluding steroid dienone is 1. The number of benzene rings is 2. The van der Waals surface area contributed by atoms with E-state index in [4.69, 9.17) is 4.74 Å². The van der Waals surface area contributed by atoms with Crippen LogP contribution in [0.25, 0.3) is 0 Å². The smallest absolute Gasteiger partial charge is 0.419 e. The second-order valence-corrected chi connectivity index (χ2v) is 9.22. The minimum absolute atomic E-state index is 0.0542. The number of hydrogen-bond acceptors (Lipinski definition) is 2. The number of rotatable bonds is 4. The normalized spacial score (nSPS) is 24.9. The van der Waals surface area contributed by atoms with Gasteiger partial charge in [0.25, 0.3) is 0 Å². The maximum Gasteiger partial charge on any atom is 0.419 e. The van der Waals surface area contributed by atoms with E-state index in [0.29, 0.717) is 42.7 Å². The molecule has 0 amide bonds. The molecule has 0 saturated heterocycles. The lowest BCUT2D eigenvalue weighted by molar-refractivity contribution is -0.140. The van der Waals surface area contributed by atoms with Crippen LogP contribution in [-0.4, -0.2) is 5.97 Å². The van der Waals surface area contributed by atoms with Crippen LogP contribution in [0.3, 0.4) is 0 Å². The predicted molar refractivity (Wildman–Crippen MR) is 114 cm³/mol. The standard InChI is InChI=1S/C26H24F6O2/c1-2-14-3-4-16-10-17(6-5-15(16)9-14)24-22(28)11-18(12-23(24)29)25(33)34-19-7-8-20(21(27)13-19)26(30,31)32/h2,7-8,11-17H,1,3-6,9-10H2. The molecule has 0 heterocycles. The highest BCUT2D eigenvalue weighted by Gasteiger charge is 2.37. The zero-order valence-corrected chi connectivity index (χ0v) is 18.3. The van der Waals surface area contributed by atoms with Gasteiger partial charge in [0.15, 0.2) is 0 Å². The molecule has 0 aromatic heterocycles. The van der Waals surface area contributed by atoms with Gasteiger partial charge in [0.05, 0.1) is 11.1 Å². The molecule has 2 nitrogen and oxygen atoms in total. The van der Waals surface area contributed by atoms with Gasteiger partial charge in [-0.2, -0.15) is 13.2 Å². The van der Waals surface area contributed by atoms with Crippen LogP contribution in [0.1, 0.15) is 65.9 Å². The van der Waals surface area contributed by atoms with Gasteiger partial charge in [-0.05, 0) is 86.5 Å². The fraction of sp³-hybridized carbons (Fsp3) is 0.423. The first-order chi connectivity index (χ1) is 16.1. The summed E-state index contributed by atoms with van der Waals surface area (Å²) < 4.78 is 86.5. The van der Waals surface area contributed by atoms with Crippen molar-refractivity contribution in [3.8, 4) is 5.75 Å². The minimum Gasteiger partial charge on any atom is -0.423 e. The Morgan fingerprint density at radius 1 is 0.912 bits per heavy atom. The van der Waals surface area contributed by atoms with Crippen LogP contribution in [0.15, 0.2) is 43.0 Å². The van der Waals surface area contributed by atoms with E-state index in [1.807, 2.05) is 6.08 Å². The zero-order chi connectivity index (χ0) is 24.6. The van der Waals surface area contributed by atoms with Gasteiger partial charge in [-0.15, -0.1) is 6.58 Å². The molecule has 4 atom stereocenters. The maximum absolute atomic E-state index is 14.9. The van der Waals surface area contributed by atoms with E-state index < -0.39 is 46.5 Å². The fourth-order valence-corrected chi connectivity index (χ4v) is 5.45. The second-order valence-electron chi connectivity index (χ2n) is 9.22. The Hall–Kier alpha value is -2.77. The summed E-state index contributed by atoms with van der Waals surface area (Å²) in [5.74, 6) is -3.94. The molecule has 2 aliphatic rings. The third-order valence-corrected chi connectivity index (χ3v) is 7.17. The summed E-state index contributed by atoms with van der Waals surface area (Å²) in [6, 6.07) is 3.33. The minimum atomic E-state index is -4.90. The Morgan fingerprint density at radius 3 is 2.18 bits per heavy atom. The van der Waals surface area contributed by atoms with Crippen molar-refractivity contribution in [3.63, 3.8) is 0 Å². The molecule has 4 rings (SSSR count). The Balaban J connectivity index is 1.48. The molecular weight excluding hydrogens is 458 g/mol. The SMILES string of the molecule is C=CC1CCC2CC(c3c(F)cc(C(=O)Oc4ccc(C(F)(F)F)c(F)c4)cc3F)CCC2C1. The molecule has 2 aliphatic carbocycles. The molecular formula is C26H24F6O2. The highest BCUT2D eigenvalue weighted by atomic mass is 19.4. The van der Waals surface area contributed by atoms with Gasteiger partial charge >= 0.3 is 12.1 Å². The number of carbonyl (C=O) groups excluding carboxylic acids is 1. The molecule has 0 radical (unpaired) electrons. The van der Waals surface area contributed by atoms with Crippen LogP contribution >= 0.6 is 0 Å². The fourth-order valence-electron chi connectivity index (χ4n) is 5.45. The van der Waals surface area contributed by atoms with Crippen molar-refractivity contribution in [2.45, 2.75) is 50.6 Å². The summed E-state index contributed by atoms with van der Waals surface area (Å²) in [6.07, 6.45) is 2.36. The molecule has 4 unspecified atom stereocenters. The van der Waals surface area contributed by atoms with Crippen LogP contribution in [0.5, 0.6) is 5.75 Å². The van der Waals surface area contributed by atoms with E-state index >= 15 is 0 Å². The Kier molecular flexibility index (Phi) is 6.78. The van der Waals surface area contributed by atoms with E-state index in [0.717, 1.165) is 43.9 Å². The summed E-state index contributed by atoms with van der Waals surface area (Å²) in [7, 11) is 0. The van der Waals surface area contributed by atoms with E-state index in [2.05, 4.69) is 6.58 Å². The van der Waals surface area contributed by atoms with Crippen LogP contribution in [-0.2, 0) is 6.18 Å². The molecule has 0 bridgehead atoms. The van der Waals surface area contributed by atoms with Gasteiger partial charge in [0.2, 0.25) is 0 Å². The first kappa shape index (κ1) is 24.4. The summed E-state index contributed by atoms with van der Waals surface area (Å²) in [6.45, 7) is 3.87. The monoisotopic (exact) mass is 482 g/mol. The molecule has 0 spiro atoms. The number of hydrogen-bond donors (Lipinski definition) is 0. The molecule has 2 saturated carbocycles. The van der Waals surface area contributed by atoms with Gasteiger partial charge in [-0.25, -0.2) is 18.0 Å². The van der Waals surface area contributed by atoms with Crippen LogP contribution in [0.2, 0.25) is 0 Å². The highest BCUT2D eigenvalue weighted by Crippen LogP contribution is 2.48. The molecule has 8 heteroatoms. The average molecular weight is 482 g/mol. The topological polar surface area (TPSA) is 26.3 Å². The molecule has 0 N–H and O–H groups in total. The van der Waals surface area contributed by atoms with Crippen molar-refractivity contribution in [1.82, 2.24) is 0 Å². The molecule has 182 valence electrons. The van der Waals surface area contributed by atoms with Crippen LogP contribution < -0.4 is 4.74 Å². The number of ether oxygens (including phenoxy) is 1. The third-order valence-electron chi connectivity index (χ3n) is 7.17. The molecule has 2 fully saturated rings. The molecule has 34 heavy (non-hydrogen) atoms. The van der Waals surface area contributed by atoms with Crippen molar-refractivity contribution in [3.05, 3.63) is 77.1 Å². The van der Waals surface area contributed by atoms with Crippen LogP contribution in [0, 0.1) is 35.2 Å². The lowest BCUT2D eigenvalue weighted by Gasteiger charge is -2.41. The summed E-state index contributed by atoms with van der Waals surface area (Å²) in [4.78, 5) is 12.3. The van der Waals surface area contributed by atoms with E-state index in [9.17, 15) is 31.1 Å². The van der Waals surface area contributed by atoms with Gasteiger partial charge in [0, 0.05) is 11.6 Å². The van der Waals surface area contributed by atoms with Crippen molar-refractivity contribution in [2.24, 2.45) is 17.8 Å². The van der Waals surface area contributed by atoms with E-state index in [1.54, 1.807) is 0 Å². The Bertz CT molecular complexity index is 1070. The van der Waals surface area contributed by atoms with Crippen molar-refractivity contribution in [2.75, 3.05) is 0 Å². The number of esters is 1. The van der Waals surface area contributed by atoms with Gasteiger partial charge in [0.1, 0.15) is 23.2 Å². The number of alkyl halides is 3. The first-order valence-corrected chi connectivity index (χ1v) is 11.3. The van der Waals surface area contributed by atoms with Gasteiger partial charge in [-0.1, -0.05) is 6.08 Å². The lowest BCUT2D eigenvalue weighted by atomic mass is 9.64. The van der Waals surface area contributed by atoms with E-state index in [-0.39, 0.29) is 11.5 Å². The Morgan fingerprint density at radius 2 is 1.56 bits per heavy atom. The third kappa shape index (κ3) is 5.00. The van der Waals surface area contributed by atoms with Crippen molar-refractivity contribution in [1.29, 1.82) is 0 Å². The summed E-state index contributed by atoms with van der Waals surface area (Å²) >= 11 is 0. The molecule has 0 aliphatic heterocycles. The summed E-state index contributed by atoms with van der Waals surface area (Å²) in [5, 5.41) is 0. The predicted octanol–water partition coefficient (Wildman–Crippen LogP) is 7.83. The number of halogens is 6. The average Bonchev–Trinajstić information content (AvgIpc) is 2.77. The second kappa shape index (κ2) is 9.47. The summed E-state index contributed by atoms with van der Waals surface area (Å²) in [5.41, 5.74) is -2.01. The molecule has 2 aromatic carbocycles. The number of fused-ring (bicyclic) bond motifs is 1. The Labute approximate surface area is 193 Å². The highest BCUT2D eigenvalue weighted by molar-refractivity contribution is 5.91. The van der Waals surface area contributed by atoms with Gasteiger partial charge < -0.3 is 4.74 Å².